The number of hydrogen-bond acceptors (Lipinski definition) is 5. The maximum Gasteiger partial charge on any atom is 0.162 e. The van der Waals surface area contributed by atoms with Gasteiger partial charge in [-0.15, -0.1) is 0 Å². The van der Waals surface area contributed by atoms with Gasteiger partial charge in [0.15, 0.2) is 5.82 Å². The lowest BCUT2D eigenvalue weighted by Crippen LogP contribution is -2.09. The summed E-state index contributed by atoms with van der Waals surface area (Å²) in [5, 5.41) is 4.51. The predicted octanol–water partition coefficient (Wildman–Crippen LogP) is 4.37. The number of hydrogen-bond donors (Lipinski definition) is 1. The van der Waals surface area contributed by atoms with Crippen LogP contribution >= 0.6 is 0 Å². The Morgan fingerprint density at radius 3 is 2.52 bits per heavy atom. The molecule has 2 aromatic heterocycles. The first-order valence-corrected chi connectivity index (χ1v) is 8.88. The van der Waals surface area contributed by atoms with Gasteiger partial charge in [0.25, 0.3) is 0 Å². The molecule has 5 nitrogen and oxygen atoms in total. The van der Waals surface area contributed by atoms with E-state index < -0.39 is 0 Å². The minimum Gasteiger partial charge on any atom is -0.378 e. The summed E-state index contributed by atoms with van der Waals surface area (Å²) in [6, 6.07) is 20.4. The zero-order chi connectivity index (χ0) is 18.6. The fourth-order valence-corrected chi connectivity index (χ4v) is 2.97. The molecule has 2 heterocycles. The van der Waals surface area contributed by atoms with E-state index >= 15 is 0 Å². The van der Waals surface area contributed by atoms with E-state index in [0.717, 1.165) is 22.3 Å². The average Bonchev–Trinajstić information content (AvgIpc) is 2.72. The molecule has 2 aromatic carbocycles. The van der Waals surface area contributed by atoms with Crippen LogP contribution in [-0.2, 0) is 6.54 Å². The van der Waals surface area contributed by atoms with Crippen LogP contribution in [0.25, 0.3) is 22.3 Å². The van der Waals surface area contributed by atoms with Gasteiger partial charge in [0, 0.05) is 49.7 Å². The Labute approximate surface area is 158 Å². The number of anilines is 2. The molecule has 1 N–H and O–H groups in total. The van der Waals surface area contributed by atoms with Gasteiger partial charge >= 0.3 is 0 Å². The van der Waals surface area contributed by atoms with Crippen molar-refractivity contribution >= 4 is 22.4 Å². The number of aromatic nitrogens is 3. The third-order valence-electron chi connectivity index (χ3n) is 4.43. The number of rotatable bonds is 5. The molecule has 0 radical (unpaired) electrons. The molecule has 4 rings (SSSR count). The summed E-state index contributed by atoms with van der Waals surface area (Å²) in [6.45, 7) is 0.693. The van der Waals surface area contributed by atoms with E-state index in [1.165, 1.54) is 11.3 Å². The quantitative estimate of drug-likeness (QED) is 0.576. The van der Waals surface area contributed by atoms with Gasteiger partial charge in [0.1, 0.15) is 5.82 Å². The van der Waals surface area contributed by atoms with E-state index in [-0.39, 0.29) is 0 Å². The van der Waals surface area contributed by atoms with Crippen LogP contribution in [0.2, 0.25) is 0 Å². The highest BCUT2D eigenvalue weighted by Gasteiger charge is 2.09. The summed E-state index contributed by atoms with van der Waals surface area (Å²) in [5.74, 6) is 1.53. The van der Waals surface area contributed by atoms with Gasteiger partial charge < -0.3 is 10.2 Å². The summed E-state index contributed by atoms with van der Waals surface area (Å²) in [7, 11) is 4.09. The minimum atomic E-state index is 0.693. The van der Waals surface area contributed by atoms with Crippen LogP contribution in [0.3, 0.4) is 0 Å². The topological polar surface area (TPSA) is 53.9 Å². The molecule has 27 heavy (non-hydrogen) atoms. The molecule has 4 aromatic rings. The molecule has 0 atom stereocenters. The van der Waals surface area contributed by atoms with E-state index in [2.05, 4.69) is 39.5 Å². The van der Waals surface area contributed by atoms with Crippen molar-refractivity contribution < 1.29 is 0 Å². The Kier molecular flexibility index (Phi) is 4.66. The van der Waals surface area contributed by atoms with Crippen molar-refractivity contribution in [2.24, 2.45) is 0 Å². The SMILES string of the molecule is CN(C)c1cccc(CNc2nc(-c3ccncc3)nc3ccccc23)c1. The van der Waals surface area contributed by atoms with Crippen LogP contribution in [0.1, 0.15) is 5.56 Å². The zero-order valence-corrected chi connectivity index (χ0v) is 15.4. The molecule has 5 heteroatoms. The van der Waals surface area contributed by atoms with E-state index in [1.54, 1.807) is 12.4 Å². The fraction of sp³-hybridized carbons (Fsp3) is 0.136. The second kappa shape index (κ2) is 7.41. The maximum absolute atomic E-state index is 4.78. The zero-order valence-electron chi connectivity index (χ0n) is 15.4. The van der Waals surface area contributed by atoms with E-state index in [1.807, 2.05) is 50.5 Å². The summed E-state index contributed by atoms with van der Waals surface area (Å²) in [5.41, 5.74) is 4.26. The molecule has 0 saturated heterocycles. The molecule has 0 unspecified atom stereocenters. The lowest BCUT2D eigenvalue weighted by atomic mass is 10.1. The molecule has 0 aliphatic heterocycles. The minimum absolute atomic E-state index is 0.693. The van der Waals surface area contributed by atoms with Crippen molar-refractivity contribution in [3.05, 3.63) is 78.6 Å². The number of nitrogens with zero attached hydrogens (tertiary/aromatic N) is 4. The molecule has 0 spiro atoms. The highest BCUT2D eigenvalue weighted by atomic mass is 15.1. The van der Waals surface area contributed by atoms with Gasteiger partial charge in [0.05, 0.1) is 5.52 Å². The van der Waals surface area contributed by atoms with Crippen molar-refractivity contribution in [3.63, 3.8) is 0 Å². The third kappa shape index (κ3) is 3.72. The molecule has 0 aliphatic rings. The molecule has 0 bridgehead atoms. The van der Waals surface area contributed by atoms with Crippen LogP contribution in [-0.4, -0.2) is 29.0 Å². The Bertz CT molecular complexity index is 1060. The standard InChI is InChI=1S/C22H21N5/c1-27(2)18-7-5-6-16(14-18)15-24-22-19-8-3-4-9-20(19)25-21(26-22)17-10-12-23-13-11-17/h3-14H,15H2,1-2H3,(H,24,25,26). The molecular weight excluding hydrogens is 334 g/mol. The lowest BCUT2D eigenvalue weighted by Gasteiger charge is -2.15. The van der Waals surface area contributed by atoms with Gasteiger partial charge in [-0.1, -0.05) is 24.3 Å². The maximum atomic E-state index is 4.78. The van der Waals surface area contributed by atoms with Crippen molar-refractivity contribution in [3.8, 4) is 11.4 Å². The van der Waals surface area contributed by atoms with Crippen molar-refractivity contribution in [2.45, 2.75) is 6.54 Å². The summed E-state index contributed by atoms with van der Waals surface area (Å²) < 4.78 is 0. The first kappa shape index (κ1) is 17.0. The van der Waals surface area contributed by atoms with Gasteiger partial charge in [-0.05, 0) is 42.0 Å². The monoisotopic (exact) mass is 355 g/mol. The second-order valence-corrected chi connectivity index (χ2v) is 6.57. The number of nitrogens with one attached hydrogen (secondary N) is 1. The van der Waals surface area contributed by atoms with E-state index in [9.17, 15) is 0 Å². The summed E-state index contributed by atoms with van der Waals surface area (Å²) in [4.78, 5) is 15.7. The lowest BCUT2D eigenvalue weighted by molar-refractivity contribution is 1.08. The number of pyridine rings is 1. The van der Waals surface area contributed by atoms with Crippen LogP contribution in [0.15, 0.2) is 73.1 Å². The van der Waals surface area contributed by atoms with Crippen LogP contribution in [0.5, 0.6) is 0 Å². The molecule has 0 amide bonds. The van der Waals surface area contributed by atoms with Gasteiger partial charge in [0.2, 0.25) is 0 Å². The molecule has 0 aliphatic carbocycles. The highest BCUT2D eigenvalue weighted by molar-refractivity contribution is 5.90. The third-order valence-corrected chi connectivity index (χ3v) is 4.43. The average molecular weight is 355 g/mol. The number of benzene rings is 2. The largest absolute Gasteiger partial charge is 0.378 e. The number of fused-ring (bicyclic) bond motifs is 1. The first-order valence-electron chi connectivity index (χ1n) is 8.88. The van der Waals surface area contributed by atoms with Crippen LogP contribution in [0, 0.1) is 0 Å². The van der Waals surface area contributed by atoms with E-state index in [0.29, 0.717) is 12.4 Å². The highest BCUT2D eigenvalue weighted by Crippen LogP contribution is 2.25. The van der Waals surface area contributed by atoms with Crippen molar-refractivity contribution in [1.82, 2.24) is 15.0 Å². The van der Waals surface area contributed by atoms with E-state index in [4.69, 9.17) is 9.97 Å². The summed E-state index contributed by atoms with van der Waals surface area (Å²) in [6.07, 6.45) is 3.52. The first-order chi connectivity index (χ1) is 13.2. The van der Waals surface area contributed by atoms with Crippen LogP contribution < -0.4 is 10.2 Å². The predicted molar refractivity (Wildman–Crippen MR) is 111 cm³/mol. The Morgan fingerprint density at radius 2 is 1.70 bits per heavy atom. The molecular formula is C22H21N5. The van der Waals surface area contributed by atoms with Gasteiger partial charge in [-0.3, -0.25) is 4.98 Å². The normalized spacial score (nSPS) is 10.7. The molecule has 0 fully saturated rings. The van der Waals surface area contributed by atoms with Crippen molar-refractivity contribution in [2.75, 3.05) is 24.3 Å². The van der Waals surface area contributed by atoms with Gasteiger partial charge in [-0.25, -0.2) is 9.97 Å². The second-order valence-electron chi connectivity index (χ2n) is 6.57. The molecule has 134 valence electrons. The smallest absolute Gasteiger partial charge is 0.162 e. The van der Waals surface area contributed by atoms with Crippen molar-refractivity contribution in [1.29, 1.82) is 0 Å². The fourth-order valence-electron chi connectivity index (χ4n) is 2.97. The van der Waals surface area contributed by atoms with Crippen LogP contribution in [0.4, 0.5) is 11.5 Å². The summed E-state index contributed by atoms with van der Waals surface area (Å²) >= 11 is 0. The van der Waals surface area contributed by atoms with Gasteiger partial charge in [-0.2, -0.15) is 0 Å². The Hall–Kier alpha value is -3.47. The Morgan fingerprint density at radius 1 is 0.889 bits per heavy atom. The molecule has 0 saturated carbocycles. The Balaban J connectivity index is 1.69. The number of para-hydroxylation sites is 1.